The molecule has 1 rings (SSSR count). The molecule has 1 aromatic rings. The molecule has 0 fully saturated rings. The van der Waals surface area contributed by atoms with Gasteiger partial charge in [-0.2, -0.15) is 0 Å². The van der Waals surface area contributed by atoms with Gasteiger partial charge in [0.05, 0.1) is 0 Å². The van der Waals surface area contributed by atoms with Gasteiger partial charge >= 0.3 is 0 Å². The van der Waals surface area contributed by atoms with Gasteiger partial charge in [-0.25, -0.2) is 11.8 Å². The summed E-state index contributed by atoms with van der Waals surface area (Å²) in [6.45, 7) is 2.23. The number of hydrogen-bond donors (Lipinski definition) is 0. The van der Waals surface area contributed by atoms with Crippen molar-refractivity contribution in [2.75, 3.05) is 5.75 Å². The van der Waals surface area contributed by atoms with Crippen molar-refractivity contribution >= 4 is 11.8 Å². The Labute approximate surface area is 72.2 Å². The first kappa shape index (κ1) is 8.60. The van der Waals surface area contributed by atoms with E-state index in [9.17, 15) is 0 Å². The second-order valence-electron chi connectivity index (χ2n) is 2.52. The fourth-order valence-corrected chi connectivity index (χ4v) is 2.08. The average Bonchev–Trinajstić information content (AvgIpc) is 2.07. The number of nitrogens with zero attached hydrogens (tertiary/aromatic N) is 1. The van der Waals surface area contributed by atoms with Crippen molar-refractivity contribution in [2.24, 2.45) is 0 Å². The molecule has 1 nitrogen and oxygen atoms in total. The number of rotatable bonds is 4. The molecule has 0 aliphatic heterocycles. The van der Waals surface area contributed by atoms with Gasteiger partial charge in [-0.1, -0.05) is 13.3 Å². The van der Waals surface area contributed by atoms with Crippen LogP contribution in [-0.2, 0) is 0 Å². The lowest BCUT2D eigenvalue weighted by molar-refractivity contribution is 0.896. The summed E-state index contributed by atoms with van der Waals surface area (Å²) in [5.41, 5.74) is 0. The summed E-state index contributed by atoms with van der Waals surface area (Å²) in [7, 11) is 0. The van der Waals surface area contributed by atoms with Crippen molar-refractivity contribution in [3.8, 4) is 0 Å². The van der Waals surface area contributed by atoms with E-state index < -0.39 is 0 Å². The van der Waals surface area contributed by atoms with Crippen LogP contribution in [0, 0.1) is 0 Å². The van der Waals surface area contributed by atoms with Gasteiger partial charge in [-0.05, 0) is 24.3 Å². The van der Waals surface area contributed by atoms with E-state index >= 15 is 0 Å². The standard InChI is InChI=1S/C9H15NS/c1-2-3-7-11-9-5-4-6-10-8-9/h4-6,8H,2-3,7,11H2,1H3. The highest BCUT2D eigenvalue weighted by atomic mass is 32.2. The number of hydrogen-bond acceptors (Lipinski definition) is 1. The highest BCUT2D eigenvalue weighted by Crippen LogP contribution is 2.16. The molecule has 2 heteroatoms. The summed E-state index contributed by atoms with van der Waals surface area (Å²) in [6, 6.07) is 4.16. The van der Waals surface area contributed by atoms with Gasteiger partial charge in [0.15, 0.2) is 0 Å². The lowest BCUT2D eigenvalue weighted by atomic mass is 10.4. The zero-order valence-corrected chi connectivity index (χ0v) is 7.88. The van der Waals surface area contributed by atoms with E-state index in [4.69, 9.17) is 0 Å². The summed E-state index contributed by atoms with van der Waals surface area (Å²) >= 11 is 0.949. The van der Waals surface area contributed by atoms with Gasteiger partial charge in [0.2, 0.25) is 0 Å². The van der Waals surface area contributed by atoms with Crippen molar-refractivity contribution in [3.63, 3.8) is 0 Å². The van der Waals surface area contributed by atoms with E-state index in [0.29, 0.717) is 0 Å². The minimum absolute atomic E-state index is 0.949. The van der Waals surface area contributed by atoms with Gasteiger partial charge < -0.3 is 0 Å². The number of pyridine rings is 1. The van der Waals surface area contributed by atoms with Crippen molar-refractivity contribution in [1.29, 1.82) is 0 Å². The minimum Gasteiger partial charge on any atom is -0.264 e. The zero-order chi connectivity index (χ0) is 7.94. The van der Waals surface area contributed by atoms with E-state index in [1.54, 1.807) is 0 Å². The lowest BCUT2D eigenvalue weighted by Gasteiger charge is -2.00. The van der Waals surface area contributed by atoms with Crippen LogP contribution in [0.1, 0.15) is 19.8 Å². The lowest BCUT2D eigenvalue weighted by Crippen LogP contribution is -1.78. The Hall–Kier alpha value is -0.500. The molecule has 0 aliphatic rings. The first-order valence-electron chi connectivity index (χ1n) is 4.07. The molecular formula is C9H15NS. The predicted octanol–water partition coefficient (Wildman–Crippen LogP) is 2.44. The fourth-order valence-electron chi connectivity index (χ4n) is 0.877. The number of aromatic nitrogens is 1. The fraction of sp³-hybridized carbons (Fsp3) is 0.444. The van der Waals surface area contributed by atoms with Crippen molar-refractivity contribution in [2.45, 2.75) is 24.7 Å². The van der Waals surface area contributed by atoms with Crippen LogP contribution in [0.5, 0.6) is 0 Å². The van der Waals surface area contributed by atoms with Gasteiger partial charge in [-0.3, -0.25) is 4.98 Å². The van der Waals surface area contributed by atoms with Crippen LogP contribution in [0.25, 0.3) is 0 Å². The van der Waals surface area contributed by atoms with Gasteiger partial charge in [0.25, 0.3) is 0 Å². The summed E-state index contributed by atoms with van der Waals surface area (Å²) in [5, 5.41) is 0. The van der Waals surface area contributed by atoms with Gasteiger partial charge in [0.1, 0.15) is 0 Å². The minimum atomic E-state index is 0.949. The van der Waals surface area contributed by atoms with Crippen LogP contribution >= 0.6 is 11.8 Å². The quantitative estimate of drug-likeness (QED) is 0.631. The van der Waals surface area contributed by atoms with E-state index in [-0.39, 0.29) is 0 Å². The molecule has 0 aliphatic carbocycles. The van der Waals surface area contributed by atoms with Crippen molar-refractivity contribution in [1.82, 2.24) is 4.98 Å². The van der Waals surface area contributed by atoms with Crippen molar-refractivity contribution in [3.05, 3.63) is 24.5 Å². The Morgan fingerprint density at radius 1 is 1.55 bits per heavy atom. The maximum absolute atomic E-state index is 4.07. The Kier molecular flexibility index (Phi) is 4.06. The topological polar surface area (TPSA) is 12.9 Å². The Morgan fingerprint density at radius 3 is 3.09 bits per heavy atom. The molecule has 0 bridgehead atoms. The van der Waals surface area contributed by atoms with Crippen LogP contribution in [-0.4, -0.2) is 10.7 Å². The molecule has 0 atom stereocenters. The molecule has 0 unspecified atom stereocenters. The van der Waals surface area contributed by atoms with E-state index in [2.05, 4.69) is 18.0 Å². The van der Waals surface area contributed by atoms with Crippen LogP contribution in [0.2, 0.25) is 0 Å². The molecule has 0 aromatic carbocycles. The molecule has 0 radical (unpaired) electrons. The van der Waals surface area contributed by atoms with E-state index in [1.807, 2.05) is 18.5 Å². The molecule has 0 saturated heterocycles. The maximum atomic E-state index is 4.07. The van der Waals surface area contributed by atoms with E-state index in [0.717, 1.165) is 11.8 Å². The zero-order valence-electron chi connectivity index (χ0n) is 6.88. The van der Waals surface area contributed by atoms with Crippen LogP contribution in [0.15, 0.2) is 29.4 Å². The largest absolute Gasteiger partial charge is 0.264 e. The summed E-state index contributed by atoms with van der Waals surface area (Å²) in [6.07, 6.45) is 6.43. The van der Waals surface area contributed by atoms with Gasteiger partial charge in [-0.15, -0.1) is 0 Å². The maximum Gasteiger partial charge on any atom is 0.0384 e. The summed E-state index contributed by atoms with van der Waals surface area (Å²) in [4.78, 5) is 5.46. The van der Waals surface area contributed by atoms with E-state index in [1.165, 1.54) is 23.5 Å². The second-order valence-corrected chi connectivity index (χ2v) is 3.95. The normalized spacial score (nSPS) is 11.7. The molecule has 0 saturated carbocycles. The molecular weight excluding hydrogens is 154 g/mol. The first-order valence-corrected chi connectivity index (χ1v) is 5.28. The molecule has 1 heterocycles. The highest BCUT2D eigenvalue weighted by molar-refractivity contribution is 7.99. The molecule has 1 aromatic heterocycles. The smallest absolute Gasteiger partial charge is 0.0384 e. The highest BCUT2D eigenvalue weighted by Gasteiger charge is 1.87. The molecule has 0 amide bonds. The van der Waals surface area contributed by atoms with Crippen molar-refractivity contribution < 1.29 is 0 Å². The van der Waals surface area contributed by atoms with Gasteiger partial charge in [0, 0.05) is 17.3 Å². The Morgan fingerprint density at radius 2 is 2.45 bits per heavy atom. The predicted molar refractivity (Wildman–Crippen MR) is 52.7 cm³/mol. The molecule has 0 spiro atoms. The third-order valence-electron chi connectivity index (χ3n) is 1.52. The SMILES string of the molecule is CCCC[SH2]c1cccnc1. The van der Waals surface area contributed by atoms with Crippen LogP contribution in [0.3, 0.4) is 0 Å². The average molecular weight is 169 g/mol. The Bertz CT molecular complexity index is 186. The molecule has 62 valence electrons. The summed E-state index contributed by atoms with van der Waals surface area (Å²) in [5.74, 6) is 1.32. The monoisotopic (exact) mass is 169 g/mol. The second kappa shape index (κ2) is 5.19. The molecule has 0 N–H and O–H groups in total. The number of unbranched alkanes of at least 4 members (excludes halogenated alkanes) is 1. The molecule has 11 heavy (non-hydrogen) atoms. The third-order valence-corrected chi connectivity index (χ3v) is 2.83. The van der Waals surface area contributed by atoms with Crippen LogP contribution in [0.4, 0.5) is 0 Å². The first-order chi connectivity index (χ1) is 5.43. The summed E-state index contributed by atoms with van der Waals surface area (Å²) < 4.78 is 0. The third kappa shape index (κ3) is 3.42. The Balaban J connectivity index is 2.28. The van der Waals surface area contributed by atoms with Crippen LogP contribution < -0.4 is 0 Å².